The number of anilines is 1. The average molecular weight is 350 g/mol. The van der Waals surface area contributed by atoms with Gasteiger partial charge in [-0.3, -0.25) is 9.69 Å². The summed E-state index contributed by atoms with van der Waals surface area (Å²) >= 11 is 0. The Hall–Kier alpha value is -2.82. The second-order valence-electron chi connectivity index (χ2n) is 6.76. The van der Waals surface area contributed by atoms with E-state index in [0.717, 1.165) is 24.1 Å². The van der Waals surface area contributed by atoms with Crippen LogP contribution in [0.25, 0.3) is 0 Å². The van der Waals surface area contributed by atoms with E-state index in [1.54, 1.807) is 4.90 Å². The lowest BCUT2D eigenvalue weighted by atomic mass is 10.1. The Morgan fingerprint density at radius 2 is 1.77 bits per heavy atom. The van der Waals surface area contributed by atoms with E-state index >= 15 is 0 Å². The molecule has 26 heavy (non-hydrogen) atoms. The van der Waals surface area contributed by atoms with E-state index in [1.807, 2.05) is 53.4 Å². The van der Waals surface area contributed by atoms with Crippen LogP contribution in [-0.2, 0) is 22.6 Å². The number of ether oxygens (including phenoxy) is 1. The summed E-state index contributed by atoms with van der Waals surface area (Å²) in [4.78, 5) is 29.0. The molecule has 5 nitrogen and oxygen atoms in total. The Labute approximate surface area is 153 Å². The summed E-state index contributed by atoms with van der Waals surface area (Å²) in [5.74, 6) is 0.00381. The molecule has 2 aliphatic rings. The highest BCUT2D eigenvalue weighted by Gasteiger charge is 2.39. The maximum Gasteiger partial charge on any atom is 0.410 e. The number of hydrogen-bond acceptors (Lipinski definition) is 3. The predicted octanol–water partition coefficient (Wildman–Crippen LogP) is 3.38. The van der Waals surface area contributed by atoms with Crippen LogP contribution in [-0.4, -0.2) is 36.0 Å². The van der Waals surface area contributed by atoms with Crippen LogP contribution in [0.2, 0.25) is 0 Å². The van der Waals surface area contributed by atoms with Crippen molar-refractivity contribution >= 4 is 17.7 Å². The number of rotatable bonds is 3. The first-order valence-corrected chi connectivity index (χ1v) is 9.10. The molecule has 2 aromatic rings. The predicted molar refractivity (Wildman–Crippen MR) is 98.9 cm³/mol. The Bertz CT molecular complexity index is 806. The third kappa shape index (κ3) is 3.17. The molecule has 0 spiro atoms. The zero-order valence-corrected chi connectivity index (χ0v) is 14.6. The minimum absolute atomic E-state index is 0.00381. The first-order chi connectivity index (χ1) is 12.7. The molecule has 2 heterocycles. The van der Waals surface area contributed by atoms with Crippen molar-refractivity contribution in [2.24, 2.45) is 0 Å². The number of para-hydroxylation sites is 1. The lowest BCUT2D eigenvalue weighted by Gasteiger charge is -2.27. The maximum absolute atomic E-state index is 13.1. The fourth-order valence-electron chi connectivity index (χ4n) is 3.79. The zero-order chi connectivity index (χ0) is 17.9. The Balaban J connectivity index is 1.43. The summed E-state index contributed by atoms with van der Waals surface area (Å²) in [5, 5.41) is 0. The van der Waals surface area contributed by atoms with Crippen molar-refractivity contribution in [1.29, 1.82) is 0 Å². The fraction of sp³-hybridized carbons (Fsp3) is 0.333. The van der Waals surface area contributed by atoms with Gasteiger partial charge in [0, 0.05) is 18.8 Å². The lowest BCUT2D eigenvalue weighted by molar-refractivity contribution is -0.122. The van der Waals surface area contributed by atoms with Gasteiger partial charge in [0.15, 0.2) is 0 Å². The molecular formula is C21H22N2O3. The molecule has 0 radical (unpaired) electrons. The van der Waals surface area contributed by atoms with Gasteiger partial charge in [-0.2, -0.15) is 0 Å². The van der Waals surface area contributed by atoms with Crippen LogP contribution in [0.4, 0.5) is 10.5 Å². The smallest absolute Gasteiger partial charge is 0.410 e. The highest BCUT2D eigenvalue weighted by atomic mass is 16.6. The van der Waals surface area contributed by atoms with Crippen LogP contribution >= 0.6 is 0 Å². The Morgan fingerprint density at radius 1 is 1.00 bits per heavy atom. The van der Waals surface area contributed by atoms with Gasteiger partial charge in [-0.1, -0.05) is 48.5 Å². The van der Waals surface area contributed by atoms with Crippen molar-refractivity contribution < 1.29 is 14.3 Å². The van der Waals surface area contributed by atoms with Crippen molar-refractivity contribution in [3.05, 3.63) is 65.7 Å². The average Bonchev–Trinajstić information content (AvgIpc) is 3.33. The van der Waals surface area contributed by atoms with Crippen molar-refractivity contribution in [1.82, 2.24) is 4.90 Å². The highest BCUT2D eigenvalue weighted by Crippen LogP contribution is 2.30. The third-order valence-corrected chi connectivity index (χ3v) is 5.13. The van der Waals surface area contributed by atoms with Crippen LogP contribution in [0, 0.1) is 0 Å². The van der Waals surface area contributed by atoms with E-state index in [2.05, 4.69) is 6.07 Å². The summed E-state index contributed by atoms with van der Waals surface area (Å²) in [5.41, 5.74) is 3.11. The second kappa shape index (κ2) is 7.20. The first kappa shape index (κ1) is 16.6. The van der Waals surface area contributed by atoms with Crippen LogP contribution in [0.3, 0.4) is 0 Å². The quantitative estimate of drug-likeness (QED) is 0.853. The molecule has 2 aliphatic heterocycles. The van der Waals surface area contributed by atoms with Crippen LogP contribution < -0.4 is 4.90 Å². The number of amides is 2. The number of hydrogen-bond donors (Lipinski definition) is 0. The first-order valence-electron chi connectivity index (χ1n) is 9.10. The zero-order valence-electron chi connectivity index (χ0n) is 14.6. The van der Waals surface area contributed by atoms with Crippen molar-refractivity contribution in [3.63, 3.8) is 0 Å². The van der Waals surface area contributed by atoms with E-state index in [9.17, 15) is 9.59 Å². The van der Waals surface area contributed by atoms with E-state index in [1.165, 1.54) is 5.56 Å². The van der Waals surface area contributed by atoms with Gasteiger partial charge < -0.3 is 9.64 Å². The van der Waals surface area contributed by atoms with E-state index in [4.69, 9.17) is 4.74 Å². The second-order valence-corrected chi connectivity index (χ2v) is 6.76. The third-order valence-electron chi connectivity index (χ3n) is 5.13. The molecule has 1 fully saturated rings. The van der Waals surface area contributed by atoms with Gasteiger partial charge in [-0.15, -0.1) is 0 Å². The number of nitrogens with zero attached hydrogens (tertiary/aromatic N) is 2. The van der Waals surface area contributed by atoms with Crippen LogP contribution in [0.5, 0.6) is 0 Å². The number of fused-ring (bicyclic) bond motifs is 1. The molecule has 0 N–H and O–H groups in total. The van der Waals surface area contributed by atoms with E-state index in [0.29, 0.717) is 19.5 Å². The van der Waals surface area contributed by atoms with Crippen LogP contribution in [0.1, 0.15) is 24.0 Å². The molecule has 0 bridgehead atoms. The van der Waals surface area contributed by atoms with Gasteiger partial charge in [-0.25, -0.2) is 4.79 Å². The van der Waals surface area contributed by atoms with Gasteiger partial charge in [-0.05, 0) is 36.5 Å². The van der Waals surface area contributed by atoms with E-state index < -0.39 is 12.1 Å². The molecule has 2 aromatic carbocycles. The van der Waals surface area contributed by atoms with Crippen LogP contribution in [0.15, 0.2) is 54.6 Å². The lowest BCUT2D eigenvalue weighted by Crippen LogP contribution is -2.47. The molecule has 0 saturated carbocycles. The van der Waals surface area contributed by atoms with Gasteiger partial charge in [0.2, 0.25) is 5.91 Å². The molecule has 4 rings (SSSR count). The molecule has 1 saturated heterocycles. The Kier molecular flexibility index (Phi) is 4.61. The van der Waals surface area contributed by atoms with Gasteiger partial charge >= 0.3 is 6.09 Å². The highest BCUT2D eigenvalue weighted by molar-refractivity contribution is 6.00. The number of benzene rings is 2. The molecule has 0 aliphatic carbocycles. The number of likely N-dealkylation sites (tertiary alicyclic amines) is 1. The normalized spacial score (nSPS) is 18.7. The maximum atomic E-state index is 13.1. The minimum atomic E-state index is -0.426. The molecule has 134 valence electrons. The monoisotopic (exact) mass is 350 g/mol. The summed E-state index contributed by atoms with van der Waals surface area (Å²) in [6.45, 7) is 1.48. The summed E-state index contributed by atoms with van der Waals surface area (Å²) in [7, 11) is 0. The van der Waals surface area contributed by atoms with E-state index in [-0.39, 0.29) is 12.5 Å². The molecule has 5 heteroatoms. The number of carbonyl (C=O) groups excluding carboxylic acids is 2. The fourth-order valence-corrected chi connectivity index (χ4v) is 3.79. The SMILES string of the molecule is O=C([C@@H]1CCCN1C(=O)OCc1ccccc1)N1CCc2ccccc21. The van der Waals surface area contributed by atoms with Crippen molar-refractivity contribution in [2.45, 2.75) is 31.9 Å². The van der Waals surface area contributed by atoms with Crippen molar-refractivity contribution in [2.75, 3.05) is 18.0 Å². The molecular weight excluding hydrogens is 328 g/mol. The minimum Gasteiger partial charge on any atom is -0.445 e. The topological polar surface area (TPSA) is 49.9 Å². The number of carbonyl (C=O) groups is 2. The van der Waals surface area contributed by atoms with Crippen molar-refractivity contribution in [3.8, 4) is 0 Å². The standard InChI is InChI=1S/C21H22N2O3/c24-20(22-14-12-17-9-4-5-10-18(17)22)19-11-6-13-23(19)21(25)26-15-16-7-2-1-3-8-16/h1-5,7-10,19H,6,11-15H2/t19-/m0/s1. The molecule has 0 unspecified atom stereocenters. The Morgan fingerprint density at radius 3 is 2.62 bits per heavy atom. The van der Waals surface area contributed by atoms with Gasteiger partial charge in [0.05, 0.1) is 0 Å². The molecule has 2 amide bonds. The van der Waals surface area contributed by atoms with Gasteiger partial charge in [0.1, 0.15) is 12.6 Å². The summed E-state index contributed by atoms with van der Waals surface area (Å²) < 4.78 is 5.44. The molecule has 0 aromatic heterocycles. The molecule has 1 atom stereocenters. The summed E-state index contributed by atoms with van der Waals surface area (Å²) in [6, 6.07) is 17.1. The largest absolute Gasteiger partial charge is 0.445 e. The summed E-state index contributed by atoms with van der Waals surface area (Å²) in [6.07, 6.45) is 1.98. The van der Waals surface area contributed by atoms with Gasteiger partial charge in [0.25, 0.3) is 0 Å².